The number of para-hydroxylation sites is 1. The minimum absolute atomic E-state index is 0.144. The van der Waals surface area contributed by atoms with Crippen LogP contribution >= 0.6 is 0 Å². The van der Waals surface area contributed by atoms with Crippen molar-refractivity contribution in [2.75, 3.05) is 6.61 Å². The number of nitrogens with zero attached hydrogens (tertiary/aromatic N) is 1. The summed E-state index contributed by atoms with van der Waals surface area (Å²) in [6.07, 6.45) is 7.79. The molecule has 0 saturated heterocycles. The Labute approximate surface area is 211 Å². The average molecular weight is 476 g/mol. The van der Waals surface area contributed by atoms with Crippen molar-refractivity contribution in [3.05, 3.63) is 115 Å². The van der Waals surface area contributed by atoms with E-state index in [4.69, 9.17) is 9.47 Å². The van der Waals surface area contributed by atoms with Crippen molar-refractivity contribution in [1.82, 2.24) is 4.40 Å². The topological polar surface area (TPSA) is 39.9 Å². The number of hydrogen-bond acceptors (Lipinski definition) is 3. The van der Waals surface area contributed by atoms with Crippen molar-refractivity contribution in [3.63, 3.8) is 0 Å². The summed E-state index contributed by atoms with van der Waals surface area (Å²) in [6.45, 7) is 2.09. The summed E-state index contributed by atoms with van der Waals surface area (Å²) in [5.74, 6) is 0.703. The second kappa shape index (κ2) is 11.0. The highest BCUT2D eigenvalue weighted by Gasteiger charge is 2.12. The second-order valence-electron chi connectivity index (χ2n) is 8.80. The highest BCUT2D eigenvalue weighted by Crippen LogP contribution is 2.32. The van der Waals surface area contributed by atoms with Crippen LogP contribution in [0.25, 0.3) is 27.8 Å². The summed E-state index contributed by atoms with van der Waals surface area (Å²) in [7, 11) is 0. The molecule has 0 N–H and O–H groups in total. The lowest BCUT2D eigenvalue weighted by Crippen LogP contribution is -2.17. The molecule has 5 rings (SSSR count). The summed E-state index contributed by atoms with van der Waals surface area (Å²) < 4.78 is 13.1. The lowest BCUT2D eigenvalue weighted by molar-refractivity contribution is -0.136. The van der Waals surface area contributed by atoms with Crippen LogP contribution < -0.4 is 9.47 Å². The molecule has 0 aliphatic rings. The first kappa shape index (κ1) is 23.4. The van der Waals surface area contributed by atoms with Gasteiger partial charge in [0.1, 0.15) is 11.5 Å². The Morgan fingerprint density at radius 1 is 0.750 bits per heavy atom. The van der Waals surface area contributed by atoms with Crippen molar-refractivity contribution in [1.29, 1.82) is 0 Å². The van der Waals surface area contributed by atoms with Crippen LogP contribution in [0, 0.1) is 0 Å². The molecule has 4 heteroatoms. The van der Waals surface area contributed by atoms with Gasteiger partial charge in [-0.25, -0.2) is 4.79 Å². The van der Waals surface area contributed by atoms with Gasteiger partial charge in [0.05, 0.1) is 0 Å². The van der Waals surface area contributed by atoms with E-state index in [1.807, 2.05) is 42.5 Å². The van der Waals surface area contributed by atoms with Crippen LogP contribution in [-0.2, 0) is 11.2 Å². The fourth-order valence-electron chi connectivity index (χ4n) is 4.42. The molecule has 0 atom stereocenters. The maximum Gasteiger partial charge on any atom is 0.349 e. The van der Waals surface area contributed by atoms with E-state index in [-0.39, 0.29) is 6.61 Å². The molecule has 3 aromatic carbocycles. The number of ether oxygens (including phenoxy) is 2. The molecular formula is C32H29NO3. The fourth-order valence-corrected chi connectivity index (χ4v) is 4.42. The van der Waals surface area contributed by atoms with Crippen LogP contribution in [0.4, 0.5) is 0 Å². The van der Waals surface area contributed by atoms with Crippen LogP contribution in [0.3, 0.4) is 0 Å². The van der Waals surface area contributed by atoms with Crippen molar-refractivity contribution < 1.29 is 14.3 Å². The minimum atomic E-state index is -0.433. The summed E-state index contributed by atoms with van der Waals surface area (Å²) in [4.78, 5) is 12.0. The Bertz CT molecular complexity index is 1440. The average Bonchev–Trinajstić information content (AvgIpc) is 3.30. The van der Waals surface area contributed by atoms with Crippen LogP contribution in [0.15, 0.2) is 109 Å². The Morgan fingerprint density at radius 2 is 1.42 bits per heavy atom. The molecule has 0 saturated carbocycles. The Hall–Kier alpha value is -4.31. The van der Waals surface area contributed by atoms with Gasteiger partial charge in [-0.2, -0.15) is 0 Å². The molecule has 0 unspecified atom stereocenters. The lowest BCUT2D eigenvalue weighted by atomic mass is 9.97. The monoisotopic (exact) mass is 475 g/mol. The highest BCUT2D eigenvalue weighted by atomic mass is 16.6. The quantitative estimate of drug-likeness (QED) is 0.163. The standard InChI is InChI=1S/C32H29NO3/c1-2-3-11-29-30(22-33-21-8-7-12-31(29)33)26-15-13-24(14-16-26)25-17-19-27(20-18-25)35-23-32(34)36-28-9-5-4-6-10-28/h4-10,12-22H,2-3,11,23H2,1H3. The van der Waals surface area contributed by atoms with Crippen LogP contribution in [-0.4, -0.2) is 17.0 Å². The molecule has 5 aromatic rings. The number of carbonyl (C=O) groups excluding carboxylic acids is 1. The molecule has 0 fully saturated rings. The number of unbranched alkanes of at least 4 members (excludes halogenated alkanes) is 1. The molecule has 2 heterocycles. The van der Waals surface area contributed by atoms with E-state index in [1.54, 1.807) is 12.1 Å². The Balaban J connectivity index is 1.27. The summed E-state index contributed by atoms with van der Waals surface area (Å²) in [6, 6.07) is 31.9. The van der Waals surface area contributed by atoms with Gasteiger partial charge in [0.15, 0.2) is 6.61 Å². The largest absolute Gasteiger partial charge is 0.482 e. The van der Waals surface area contributed by atoms with E-state index >= 15 is 0 Å². The zero-order valence-electron chi connectivity index (χ0n) is 20.4. The SMILES string of the molecule is CCCCc1c(-c2ccc(-c3ccc(OCC(=O)Oc4ccccc4)cc3)cc2)cn2ccccc12. The van der Waals surface area contributed by atoms with E-state index in [0.717, 1.165) is 17.5 Å². The maximum atomic E-state index is 12.0. The van der Waals surface area contributed by atoms with Gasteiger partial charge < -0.3 is 13.9 Å². The molecule has 0 bridgehead atoms. The van der Waals surface area contributed by atoms with Gasteiger partial charge in [0.25, 0.3) is 0 Å². The van der Waals surface area contributed by atoms with Crippen molar-refractivity contribution >= 4 is 11.5 Å². The first-order chi connectivity index (χ1) is 17.7. The third kappa shape index (κ3) is 5.33. The minimum Gasteiger partial charge on any atom is -0.482 e. The normalized spacial score (nSPS) is 10.9. The number of pyridine rings is 1. The summed E-state index contributed by atoms with van der Waals surface area (Å²) in [5, 5.41) is 0. The maximum absolute atomic E-state index is 12.0. The van der Waals surface area contributed by atoms with Gasteiger partial charge in [-0.15, -0.1) is 0 Å². The first-order valence-electron chi connectivity index (χ1n) is 12.4. The van der Waals surface area contributed by atoms with Gasteiger partial charge in [-0.1, -0.05) is 74.0 Å². The van der Waals surface area contributed by atoms with E-state index in [1.165, 1.54) is 35.0 Å². The third-order valence-electron chi connectivity index (χ3n) is 6.29. The molecule has 0 aliphatic heterocycles. The predicted octanol–water partition coefficient (Wildman–Crippen LogP) is 7.60. The Kier molecular flexibility index (Phi) is 7.13. The summed E-state index contributed by atoms with van der Waals surface area (Å²) in [5.41, 5.74) is 7.45. The molecule has 0 radical (unpaired) electrons. The molecule has 0 spiro atoms. The van der Waals surface area contributed by atoms with Crippen LogP contribution in [0.1, 0.15) is 25.3 Å². The number of hydrogen-bond donors (Lipinski definition) is 0. The molecule has 0 aliphatic carbocycles. The van der Waals surface area contributed by atoms with E-state index < -0.39 is 5.97 Å². The number of fused-ring (bicyclic) bond motifs is 1. The van der Waals surface area contributed by atoms with Crippen molar-refractivity contribution in [2.24, 2.45) is 0 Å². The molecule has 4 nitrogen and oxygen atoms in total. The zero-order chi connectivity index (χ0) is 24.7. The first-order valence-corrected chi connectivity index (χ1v) is 12.4. The van der Waals surface area contributed by atoms with Gasteiger partial charge in [-0.05, 0) is 71.5 Å². The molecule has 0 amide bonds. The van der Waals surface area contributed by atoms with Gasteiger partial charge in [-0.3, -0.25) is 0 Å². The predicted molar refractivity (Wildman–Crippen MR) is 144 cm³/mol. The lowest BCUT2D eigenvalue weighted by Gasteiger charge is -2.09. The van der Waals surface area contributed by atoms with E-state index in [2.05, 4.69) is 66.2 Å². The zero-order valence-corrected chi connectivity index (χ0v) is 20.4. The van der Waals surface area contributed by atoms with Crippen LogP contribution in [0.5, 0.6) is 11.5 Å². The van der Waals surface area contributed by atoms with Gasteiger partial charge >= 0.3 is 5.97 Å². The number of esters is 1. The number of benzene rings is 3. The van der Waals surface area contributed by atoms with Gasteiger partial charge in [0, 0.05) is 23.5 Å². The van der Waals surface area contributed by atoms with Crippen molar-refractivity contribution in [2.45, 2.75) is 26.2 Å². The molecule has 180 valence electrons. The molecular weight excluding hydrogens is 446 g/mol. The number of aromatic nitrogens is 1. The molecule has 2 aromatic heterocycles. The fraction of sp³-hybridized carbons (Fsp3) is 0.156. The van der Waals surface area contributed by atoms with Crippen molar-refractivity contribution in [3.8, 4) is 33.8 Å². The van der Waals surface area contributed by atoms with Gasteiger partial charge in [0.2, 0.25) is 0 Å². The number of carbonyl (C=O) groups is 1. The highest BCUT2D eigenvalue weighted by molar-refractivity contribution is 5.78. The number of aryl methyl sites for hydroxylation is 1. The smallest absolute Gasteiger partial charge is 0.349 e. The summed E-state index contributed by atoms with van der Waals surface area (Å²) >= 11 is 0. The number of rotatable bonds is 9. The van der Waals surface area contributed by atoms with E-state index in [9.17, 15) is 4.79 Å². The molecule has 36 heavy (non-hydrogen) atoms. The van der Waals surface area contributed by atoms with E-state index in [0.29, 0.717) is 11.5 Å². The Morgan fingerprint density at radius 3 is 2.14 bits per heavy atom. The second-order valence-corrected chi connectivity index (χ2v) is 8.80. The third-order valence-corrected chi connectivity index (χ3v) is 6.29. The van der Waals surface area contributed by atoms with Crippen LogP contribution in [0.2, 0.25) is 0 Å².